The summed E-state index contributed by atoms with van der Waals surface area (Å²) in [7, 11) is 1.74. The van der Waals surface area contributed by atoms with Gasteiger partial charge in [0.15, 0.2) is 0 Å². The van der Waals surface area contributed by atoms with E-state index in [-0.39, 0.29) is 5.91 Å². The number of carbonyl (C=O) groups is 1. The molecule has 0 unspecified atom stereocenters. The predicted octanol–water partition coefficient (Wildman–Crippen LogP) is 2.49. The van der Waals surface area contributed by atoms with Crippen molar-refractivity contribution in [2.45, 2.75) is 6.92 Å². The second-order valence-electron chi connectivity index (χ2n) is 3.48. The molecule has 1 aromatic heterocycles. The van der Waals surface area contributed by atoms with Gasteiger partial charge >= 0.3 is 0 Å². The SMILES string of the molecule is C=C(C)CN(C)C(=O)c1ccc(Br)cn1. The Morgan fingerprint density at radius 1 is 1.60 bits per heavy atom. The maximum absolute atomic E-state index is 11.8. The minimum atomic E-state index is -0.0921. The van der Waals surface area contributed by atoms with Crippen LogP contribution in [0.25, 0.3) is 0 Å². The van der Waals surface area contributed by atoms with Gasteiger partial charge in [0, 0.05) is 24.3 Å². The molecule has 0 saturated carbocycles. The molecule has 3 nitrogen and oxygen atoms in total. The molecule has 0 aliphatic rings. The highest BCUT2D eigenvalue weighted by Gasteiger charge is 2.12. The Labute approximate surface area is 97.9 Å². The monoisotopic (exact) mass is 268 g/mol. The highest BCUT2D eigenvalue weighted by Crippen LogP contribution is 2.09. The molecule has 0 atom stereocenters. The summed E-state index contributed by atoms with van der Waals surface area (Å²) in [5.41, 5.74) is 1.39. The quantitative estimate of drug-likeness (QED) is 0.790. The molecule has 0 fully saturated rings. The Kier molecular flexibility index (Phi) is 4.03. The fraction of sp³-hybridized carbons (Fsp3) is 0.273. The molecule has 1 amide bonds. The highest BCUT2D eigenvalue weighted by molar-refractivity contribution is 9.10. The molecule has 15 heavy (non-hydrogen) atoms. The molecular weight excluding hydrogens is 256 g/mol. The third-order valence-corrected chi connectivity index (χ3v) is 2.27. The van der Waals surface area contributed by atoms with Crippen molar-refractivity contribution in [3.05, 3.63) is 40.6 Å². The lowest BCUT2D eigenvalue weighted by molar-refractivity contribution is 0.0801. The summed E-state index contributed by atoms with van der Waals surface area (Å²) in [5, 5.41) is 0. The van der Waals surface area contributed by atoms with Crippen LogP contribution < -0.4 is 0 Å². The van der Waals surface area contributed by atoms with Gasteiger partial charge in [-0.1, -0.05) is 12.2 Å². The van der Waals surface area contributed by atoms with Gasteiger partial charge in [-0.25, -0.2) is 4.98 Å². The van der Waals surface area contributed by atoms with Gasteiger partial charge in [0.1, 0.15) is 5.69 Å². The third-order valence-electron chi connectivity index (χ3n) is 1.80. The normalized spacial score (nSPS) is 9.80. The minimum Gasteiger partial charge on any atom is -0.336 e. The largest absolute Gasteiger partial charge is 0.336 e. The van der Waals surface area contributed by atoms with Gasteiger partial charge in [-0.05, 0) is 35.0 Å². The van der Waals surface area contributed by atoms with Crippen molar-refractivity contribution < 1.29 is 4.79 Å². The Hall–Kier alpha value is -1.16. The minimum absolute atomic E-state index is 0.0921. The van der Waals surface area contributed by atoms with E-state index in [9.17, 15) is 4.79 Å². The Morgan fingerprint density at radius 2 is 2.27 bits per heavy atom. The first-order valence-corrected chi connectivity index (χ1v) is 5.31. The van der Waals surface area contributed by atoms with E-state index in [2.05, 4.69) is 27.5 Å². The highest BCUT2D eigenvalue weighted by atomic mass is 79.9. The molecule has 4 heteroatoms. The molecule has 0 aromatic carbocycles. The molecule has 1 heterocycles. The molecule has 0 saturated heterocycles. The second-order valence-corrected chi connectivity index (χ2v) is 4.40. The van der Waals surface area contributed by atoms with E-state index in [1.54, 1.807) is 30.3 Å². The van der Waals surface area contributed by atoms with Crippen LogP contribution in [0.3, 0.4) is 0 Å². The smallest absolute Gasteiger partial charge is 0.272 e. The van der Waals surface area contributed by atoms with Gasteiger partial charge in [-0.15, -0.1) is 0 Å². The molecule has 0 radical (unpaired) electrons. The Morgan fingerprint density at radius 3 is 2.73 bits per heavy atom. The maximum atomic E-state index is 11.8. The number of rotatable bonds is 3. The first-order chi connectivity index (χ1) is 7.00. The first kappa shape index (κ1) is 11.9. The number of carbonyl (C=O) groups excluding carboxylic acids is 1. The number of aromatic nitrogens is 1. The summed E-state index contributed by atoms with van der Waals surface area (Å²) in [6, 6.07) is 3.50. The van der Waals surface area contributed by atoms with Crippen molar-refractivity contribution in [1.82, 2.24) is 9.88 Å². The fourth-order valence-corrected chi connectivity index (χ4v) is 1.41. The zero-order chi connectivity index (χ0) is 11.4. The first-order valence-electron chi connectivity index (χ1n) is 4.52. The van der Waals surface area contributed by atoms with Gasteiger partial charge in [-0.2, -0.15) is 0 Å². The summed E-state index contributed by atoms with van der Waals surface area (Å²) >= 11 is 3.27. The van der Waals surface area contributed by atoms with Crippen molar-refractivity contribution in [2.24, 2.45) is 0 Å². The van der Waals surface area contributed by atoms with Crippen LogP contribution in [0.5, 0.6) is 0 Å². The summed E-state index contributed by atoms with van der Waals surface area (Å²) in [4.78, 5) is 17.4. The molecule has 0 aliphatic carbocycles. The van der Waals surface area contributed by atoms with E-state index in [4.69, 9.17) is 0 Å². The van der Waals surface area contributed by atoms with Crippen LogP contribution in [0.4, 0.5) is 0 Å². The van der Waals surface area contributed by atoms with Crippen molar-refractivity contribution in [3.63, 3.8) is 0 Å². The van der Waals surface area contributed by atoms with E-state index < -0.39 is 0 Å². The van der Waals surface area contributed by atoms with Crippen molar-refractivity contribution in [1.29, 1.82) is 0 Å². The third kappa shape index (κ3) is 3.47. The van der Waals surface area contributed by atoms with Gasteiger partial charge in [0.2, 0.25) is 0 Å². The summed E-state index contributed by atoms with van der Waals surface area (Å²) in [5.74, 6) is -0.0921. The van der Waals surface area contributed by atoms with Crippen molar-refractivity contribution in [2.75, 3.05) is 13.6 Å². The van der Waals surface area contributed by atoms with Crippen molar-refractivity contribution in [3.8, 4) is 0 Å². The lowest BCUT2D eigenvalue weighted by Gasteiger charge is -2.16. The molecule has 1 aromatic rings. The fourth-order valence-electron chi connectivity index (χ4n) is 1.17. The van der Waals surface area contributed by atoms with Gasteiger partial charge in [0.05, 0.1) is 0 Å². The molecule has 0 aliphatic heterocycles. The molecule has 80 valence electrons. The summed E-state index contributed by atoms with van der Waals surface area (Å²) in [6.45, 7) is 6.20. The van der Waals surface area contributed by atoms with Gasteiger partial charge in [0.25, 0.3) is 5.91 Å². The van der Waals surface area contributed by atoms with Crippen LogP contribution >= 0.6 is 15.9 Å². The Bertz CT molecular complexity index is 373. The van der Waals surface area contributed by atoms with E-state index >= 15 is 0 Å². The molecular formula is C11H13BrN2O. The number of pyridine rings is 1. The predicted molar refractivity (Wildman–Crippen MR) is 63.7 cm³/mol. The van der Waals surface area contributed by atoms with E-state index in [0.717, 1.165) is 10.0 Å². The van der Waals surface area contributed by atoms with Crippen LogP contribution in [0.1, 0.15) is 17.4 Å². The lowest BCUT2D eigenvalue weighted by atomic mass is 10.3. The molecule has 0 N–H and O–H groups in total. The number of hydrogen-bond acceptors (Lipinski definition) is 2. The zero-order valence-electron chi connectivity index (χ0n) is 8.83. The van der Waals surface area contributed by atoms with Crippen LogP contribution in [0.15, 0.2) is 35.0 Å². The topological polar surface area (TPSA) is 33.2 Å². The molecule has 0 bridgehead atoms. The van der Waals surface area contributed by atoms with Gasteiger partial charge in [-0.3, -0.25) is 4.79 Å². The van der Waals surface area contributed by atoms with Crippen LogP contribution in [-0.4, -0.2) is 29.4 Å². The Balaban J connectivity index is 2.76. The number of hydrogen-bond donors (Lipinski definition) is 0. The van der Waals surface area contributed by atoms with E-state index in [1.807, 2.05) is 6.92 Å². The number of likely N-dealkylation sites (N-methyl/N-ethyl adjacent to an activating group) is 1. The zero-order valence-corrected chi connectivity index (χ0v) is 10.4. The number of amides is 1. The maximum Gasteiger partial charge on any atom is 0.272 e. The molecule has 0 spiro atoms. The summed E-state index contributed by atoms with van der Waals surface area (Å²) < 4.78 is 0.863. The number of halogens is 1. The van der Waals surface area contributed by atoms with E-state index in [1.165, 1.54) is 0 Å². The van der Waals surface area contributed by atoms with Crippen molar-refractivity contribution >= 4 is 21.8 Å². The number of nitrogens with zero attached hydrogens (tertiary/aromatic N) is 2. The second kappa shape index (κ2) is 5.07. The lowest BCUT2D eigenvalue weighted by Crippen LogP contribution is -2.28. The van der Waals surface area contributed by atoms with Gasteiger partial charge < -0.3 is 4.90 Å². The van der Waals surface area contributed by atoms with E-state index in [0.29, 0.717) is 12.2 Å². The summed E-state index contributed by atoms with van der Waals surface area (Å²) in [6.07, 6.45) is 1.61. The standard InChI is InChI=1S/C11H13BrN2O/c1-8(2)7-14(3)11(15)10-5-4-9(12)6-13-10/h4-6H,1,7H2,2-3H3. The van der Waals surface area contributed by atoms with Crippen LogP contribution in [0.2, 0.25) is 0 Å². The molecule has 1 rings (SSSR count). The average Bonchev–Trinajstić information content (AvgIpc) is 2.17. The van der Waals surface area contributed by atoms with Crippen LogP contribution in [0, 0.1) is 0 Å². The van der Waals surface area contributed by atoms with Crippen LogP contribution in [-0.2, 0) is 0 Å². The average molecular weight is 269 g/mol.